The van der Waals surface area contributed by atoms with Crippen LogP contribution in [0, 0.1) is 0 Å². The molecule has 0 spiro atoms. The van der Waals surface area contributed by atoms with Crippen molar-refractivity contribution in [1.29, 1.82) is 0 Å². The molecule has 0 bridgehead atoms. The van der Waals surface area contributed by atoms with Gasteiger partial charge in [0.2, 0.25) is 5.91 Å². The standard InChI is InChI=1S/C15H17N4O5PS2/c20-14-9-16-5-7-17(14)10-3-4-11(13(25)8-10)18-6-1-2-12(15(18)21)19(26)27(22,23)24/h3-5,7-9,12,26H,1-2,6,25H2,(H,22,23,24). The number of hydrogen-bond acceptors (Lipinski definition) is 6. The highest BCUT2D eigenvalue weighted by Gasteiger charge is 2.38. The topological polar surface area (TPSA) is 113 Å². The van der Waals surface area contributed by atoms with Gasteiger partial charge in [-0.3, -0.25) is 23.7 Å². The first-order chi connectivity index (χ1) is 12.7. The van der Waals surface area contributed by atoms with Crippen molar-refractivity contribution >= 4 is 49.3 Å². The van der Waals surface area contributed by atoms with Crippen LogP contribution in [0.5, 0.6) is 0 Å². The maximum absolute atomic E-state index is 12.8. The van der Waals surface area contributed by atoms with Crippen LogP contribution in [0.15, 0.2) is 41.6 Å². The average Bonchev–Trinajstić information content (AvgIpc) is 2.61. The highest BCUT2D eigenvalue weighted by molar-refractivity contribution is 7.96. The van der Waals surface area contributed by atoms with E-state index >= 15 is 0 Å². The van der Waals surface area contributed by atoms with E-state index < -0.39 is 22.3 Å². The Morgan fingerprint density at radius 1 is 1.33 bits per heavy atom. The van der Waals surface area contributed by atoms with Crippen molar-refractivity contribution in [2.24, 2.45) is 0 Å². The van der Waals surface area contributed by atoms with Crippen LogP contribution in [-0.2, 0) is 15.1 Å². The number of carbonyl (C=O) groups is 1. The highest BCUT2D eigenvalue weighted by atomic mass is 32.3. The maximum Gasteiger partial charge on any atom is 0.345 e. The Kier molecular flexibility index (Phi) is 5.68. The number of rotatable bonds is 4. The lowest BCUT2D eigenvalue weighted by Crippen LogP contribution is -2.52. The summed E-state index contributed by atoms with van der Waals surface area (Å²) in [4.78, 5) is 29.9. The molecule has 3 rings (SSSR count). The normalized spacial score (nSPS) is 18.1. The van der Waals surface area contributed by atoms with E-state index in [0.29, 0.717) is 33.4 Å². The molecule has 27 heavy (non-hydrogen) atoms. The summed E-state index contributed by atoms with van der Waals surface area (Å²) in [5.74, 6) is -0.480. The molecule has 2 aromatic rings. The molecular formula is C15H17N4O5PS2. The van der Waals surface area contributed by atoms with Crippen molar-refractivity contribution < 1.29 is 17.8 Å². The van der Waals surface area contributed by atoms with E-state index in [2.05, 4.69) is 27.0 Å². The van der Waals surface area contributed by atoms with Crippen molar-refractivity contribution in [3.63, 3.8) is 0 Å². The van der Waals surface area contributed by atoms with Gasteiger partial charge in [-0.05, 0) is 36.3 Å². The third kappa shape index (κ3) is 4.07. The number of amides is 1. The van der Waals surface area contributed by atoms with Crippen LogP contribution in [0.1, 0.15) is 12.8 Å². The fourth-order valence-electron chi connectivity index (χ4n) is 2.96. The molecule has 12 heteroatoms. The molecule has 1 fully saturated rings. The summed E-state index contributed by atoms with van der Waals surface area (Å²) in [6.07, 6.45) is 5.03. The molecule has 9 nitrogen and oxygen atoms in total. The minimum Gasteiger partial charge on any atom is -0.310 e. The summed E-state index contributed by atoms with van der Waals surface area (Å²) in [6, 6.07) is 3.99. The Hall–Kier alpha value is -1.78. The van der Waals surface area contributed by atoms with Gasteiger partial charge in [0.25, 0.3) is 5.56 Å². The number of nitrogens with zero attached hydrogens (tertiary/aromatic N) is 4. The van der Waals surface area contributed by atoms with Gasteiger partial charge in [0.05, 0.1) is 11.9 Å². The second kappa shape index (κ2) is 7.69. The molecule has 1 amide bonds. The lowest BCUT2D eigenvalue weighted by atomic mass is 10.0. The van der Waals surface area contributed by atoms with E-state index in [-0.39, 0.29) is 12.0 Å². The number of benzene rings is 1. The van der Waals surface area contributed by atoms with E-state index in [1.165, 1.54) is 28.1 Å². The summed E-state index contributed by atoms with van der Waals surface area (Å²) in [6.45, 7) is 0.401. The molecular weight excluding hydrogens is 411 g/mol. The van der Waals surface area contributed by atoms with Gasteiger partial charge in [-0.15, -0.1) is 13.0 Å². The van der Waals surface area contributed by atoms with Gasteiger partial charge in [0, 0.05) is 24.6 Å². The molecule has 1 aliphatic heterocycles. The summed E-state index contributed by atoms with van der Waals surface area (Å²) in [7, 11) is -2.09. The van der Waals surface area contributed by atoms with Gasteiger partial charge in [0.1, 0.15) is 6.04 Å². The molecule has 2 heterocycles. The lowest BCUT2D eigenvalue weighted by molar-refractivity contribution is -0.122. The van der Waals surface area contributed by atoms with Crippen molar-refractivity contribution in [3.8, 4) is 5.69 Å². The van der Waals surface area contributed by atoms with Crippen LogP contribution < -0.4 is 15.8 Å². The fourth-order valence-corrected chi connectivity index (χ4v) is 4.11. The lowest BCUT2D eigenvalue weighted by Gasteiger charge is -2.35. The van der Waals surface area contributed by atoms with Gasteiger partial charge >= 0.3 is 10.3 Å². The quantitative estimate of drug-likeness (QED) is 0.408. The Labute approximate surface area is 163 Å². The van der Waals surface area contributed by atoms with E-state index in [9.17, 15) is 18.0 Å². The highest BCUT2D eigenvalue weighted by Crippen LogP contribution is 2.26. The number of anilines is 1. The SMILES string of the molecule is O=C1C(N(S)S(=O)(=O)O)CCCN1c1ccc(-n2ccncc2=O)cc1P. The summed E-state index contributed by atoms with van der Waals surface area (Å²) in [5, 5.41) is 0.655. The Morgan fingerprint density at radius 2 is 2.07 bits per heavy atom. The number of hydrogen-bond donors (Lipinski definition) is 2. The molecule has 0 radical (unpaired) electrons. The maximum atomic E-state index is 12.8. The average molecular weight is 428 g/mol. The molecule has 1 aromatic heterocycles. The van der Waals surface area contributed by atoms with Crippen LogP contribution in [0.3, 0.4) is 0 Å². The zero-order chi connectivity index (χ0) is 19.8. The third-order valence-corrected chi connectivity index (χ3v) is 6.31. The predicted octanol–water partition coefficient (Wildman–Crippen LogP) is 0.178. The molecule has 2 atom stereocenters. The largest absolute Gasteiger partial charge is 0.345 e. The van der Waals surface area contributed by atoms with E-state index in [0.717, 1.165) is 0 Å². The number of piperidine rings is 1. The number of aromatic nitrogens is 2. The van der Waals surface area contributed by atoms with Crippen LogP contribution in [0.25, 0.3) is 5.69 Å². The number of thiol groups is 1. The smallest absolute Gasteiger partial charge is 0.310 e. The van der Waals surface area contributed by atoms with E-state index in [1.807, 2.05) is 0 Å². The monoisotopic (exact) mass is 428 g/mol. The van der Waals surface area contributed by atoms with Crippen molar-refractivity contribution in [2.45, 2.75) is 18.9 Å². The molecule has 2 unspecified atom stereocenters. The first kappa shape index (κ1) is 20.0. The van der Waals surface area contributed by atoms with Crippen LogP contribution in [-0.4, -0.2) is 44.7 Å². The Bertz CT molecular complexity index is 1040. The third-order valence-electron chi connectivity index (χ3n) is 4.22. The predicted molar refractivity (Wildman–Crippen MR) is 107 cm³/mol. The van der Waals surface area contributed by atoms with Gasteiger partial charge in [-0.1, -0.05) is 12.8 Å². The van der Waals surface area contributed by atoms with Crippen LogP contribution in [0.4, 0.5) is 5.69 Å². The van der Waals surface area contributed by atoms with Crippen molar-refractivity contribution in [3.05, 3.63) is 47.1 Å². The second-order valence-electron chi connectivity index (χ2n) is 5.93. The Morgan fingerprint density at radius 3 is 2.70 bits per heavy atom. The second-order valence-corrected chi connectivity index (χ2v) is 8.54. The molecule has 1 aromatic carbocycles. The summed E-state index contributed by atoms with van der Waals surface area (Å²) >= 11 is 3.77. The van der Waals surface area contributed by atoms with E-state index in [1.54, 1.807) is 18.2 Å². The minimum atomic E-state index is -4.60. The van der Waals surface area contributed by atoms with Gasteiger partial charge in [-0.25, -0.2) is 0 Å². The first-order valence-corrected chi connectivity index (χ1v) is 10.3. The molecule has 1 aliphatic rings. The Balaban J connectivity index is 1.93. The van der Waals surface area contributed by atoms with Crippen LogP contribution in [0.2, 0.25) is 0 Å². The van der Waals surface area contributed by atoms with E-state index in [4.69, 9.17) is 4.55 Å². The fraction of sp³-hybridized carbons (Fsp3) is 0.267. The first-order valence-electron chi connectivity index (χ1n) is 7.90. The zero-order valence-corrected chi connectivity index (χ0v) is 16.8. The summed E-state index contributed by atoms with van der Waals surface area (Å²) in [5.41, 5.74) is 0.881. The molecule has 0 aliphatic carbocycles. The van der Waals surface area contributed by atoms with Gasteiger partial charge < -0.3 is 4.90 Å². The molecule has 0 saturated carbocycles. The zero-order valence-electron chi connectivity index (χ0n) is 14.0. The molecule has 1 N–H and O–H groups in total. The summed E-state index contributed by atoms with van der Waals surface area (Å²) < 4.78 is 33.6. The van der Waals surface area contributed by atoms with Gasteiger partial charge in [-0.2, -0.15) is 8.42 Å². The van der Waals surface area contributed by atoms with Crippen molar-refractivity contribution in [1.82, 2.24) is 13.3 Å². The van der Waals surface area contributed by atoms with Gasteiger partial charge in [0.15, 0.2) is 0 Å². The number of carbonyl (C=O) groups excluding carboxylic acids is 1. The molecule has 1 saturated heterocycles. The van der Waals surface area contributed by atoms with Crippen LogP contribution >= 0.6 is 22.1 Å². The minimum absolute atomic E-state index is 0.259. The molecule has 144 valence electrons. The van der Waals surface area contributed by atoms with Crippen molar-refractivity contribution in [2.75, 3.05) is 11.4 Å².